The van der Waals surface area contributed by atoms with Gasteiger partial charge >= 0.3 is 0 Å². The van der Waals surface area contributed by atoms with Crippen molar-refractivity contribution in [3.8, 4) is 11.5 Å². The van der Waals surface area contributed by atoms with Gasteiger partial charge in [-0.2, -0.15) is 0 Å². The Morgan fingerprint density at radius 3 is 2.76 bits per heavy atom. The number of Topliss-reactive ketones (excluding diaryl/α,β-unsaturated/α-hetero) is 1. The number of carbonyl (C=O) groups excluding carboxylic acids is 1. The maximum Gasteiger partial charge on any atom is 0.133 e. The van der Waals surface area contributed by atoms with Crippen molar-refractivity contribution in [2.24, 2.45) is 5.92 Å². The lowest BCUT2D eigenvalue weighted by Gasteiger charge is -2.58. The first kappa shape index (κ1) is 22.4. The molecule has 2 aromatic carbocycles. The van der Waals surface area contributed by atoms with Crippen LogP contribution in [-0.2, 0) is 21.4 Å². The van der Waals surface area contributed by atoms with Crippen LogP contribution in [0.15, 0.2) is 42.5 Å². The van der Waals surface area contributed by atoms with E-state index in [1.165, 1.54) is 0 Å². The molecule has 5 heteroatoms. The molecule has 176 valence electrons. The third-order valence-electron chi connectivity index (χ3n) is 8.42. The second-order valence-corrected chi connectivity index (χ2v) is 10.0. The van der Waals surface area contributed by atoms with Crippen LogP contribution >= 0.6 is 0 Å². The minimum Gasteiger partial charge on any atom is -0.508 e. The van der Waals surface area contributed by atoms with Gasteiger partial charge in [0.1, 0.15) is 29.5 Å². The van der Waals surface area contributed by atoms with E-state index in [0.717, 1.165) is 49.0 Å². The molecule has 2 bridgehead atoms. The predicted molar refractivity (Wildman–Crippen MR) is 128 cm³/mol. The Morgan fingerprint density at radius 1 is 1.24 bits per heavy atom. The molecule has 1 N–H and O–H groups in total. The number of ether oxygens (including phenoxy) is 2. The second-order valence-electron chi connectivity index (χ2n) is 10.0. The molecule has 2 fully saturated rings. The number of phenols is 1. The number of phenolic OH excluding ortho intramolecular Hbond substituents is 1. The van der Waals surface area contributed by atoms with Crippen LogP contribution in [0, 0.1) is 5.92 Å². The first-order valence-electron chi connectivity index (χ1n) is 12.3. The summed E-state index contributed by atoms with van der Waals surface area (Å²) in [5, 5.41) is 11.1. The molecular weight excluding hydrogens is 414 g/mol. The smallest absolute Gasteiger partial charge is 0.133 e. The van der Waals surface area contributed by atoms with E-state index in [9.17, 15) is 9.90 Å². The first-order valence-corrected chi connectivity index (χ1v) is 12.3. The zero-order valence-corrected chi connectivity index (χ0v) is 19.9. The molecule has 1 saturated heterocycles. The standard InChI is InChI=1S/C28H35NO4/c1-4-29-13-12-28-17-20(30)10-11-23(28)25(29)16-22-24(28)14-21(15-26(22)31)33-18(2)27(32-3)19-8-6-5-7-9-19/h5-9,14-15,18,23,25,27,31H,4,10-13,16-17H2,1-3H3/t18?,23-,25+,27?,28-/m0/s1. The number of benzene rings is 2. The van der Waals surface area contributed by atoms with Gasteiger partial charge in [0.25, 0.3) is 0 Å². The van der Waals surface area contributed by atoms with Gasteiger partial charge in [-0.25, -0.2) is 0 Å². The van der Waals surface area contributed by atoms with Gasteiger partial charge in [-0.05, 0) is 68.0 Å². The summed E-state index contributed by atoms with van der Waals surface area (Å²) >= 11 is 0. The SMILES string of the molecule is CCN1CC[C@]23CC(=O)CC[C@H]2[C@H]1Cc1c(O)cc(OC(C)C(OC)c2ccccc2)cc13. The van der Waals surface area contributed by atoms with Crippen LogP contribution in [0.25, 0.3) is 0 Å². The molecule has 5 atom stereocenters. The summed E-state index contributed by atoms with van der Waals surface area (Å²) in [6.45, 7) is 6.23. The second kappa shape index (κ2) is 8.77. The van der Waals surface area contributed by atoms with E-state index in [4.69, 9.17) is 9.47 Å². The summed E-state index contributed by atoms with van der Waals surface area (Å²) in [5.41, 5.74) is 3.03. The van der Waals surface area contributed by atoms with Crippen molar-refractivity contribution in [2.75, 3.05) is 20.2 Å². The number of hydrogen-bond donors (Lipinski definition) is 1. The Kier molecular flexibility index (Phi) is 5.96. The van der Waals surface area contributed by atoms with E-state index >= 15 is 0 Å². The number of fused-ring (bicyclic) bond motifs is 1. The summed E-state index contributed by atoms with van der Waals surface area (Å²) in [5.74, 6) is 1.76. The zero-order valence-electron chi connectivity index (χ0n) is 19.9. The first-order chi connectivity index (χ1) is 16.0. The summed E-state index contributed by atoms with van der Waals surface area (Å²) < 4.78 is 12.1. The quantitative estimate of drug-likeness (QED) is 0.686. The van der Waals surface area contributed by atoms with Crippen LogP contribution in [0.3, 0.4) is 0 Å². The van der Waals surface area contributed by atoms with Crippen LogP contribution in [0.1, 0.15) is 62.3 Å². The number of likely N-dealkylation sites (N-methyl/N-ethyl adjacent to an activating group) is 1. The van der Waals surface area contributed by atoms with Gasteiger partial charge in [-0.1, -0.05) is 37.3 Å². The lowest BCUT2D eigenvalue weighted by atomic mass is 9.52. The molecular formula is C28H35NO4. The largest absolute Gasteiger partial charge is 0.508 e. The third kappa shape index (κ3) is 3.75. The zero-order chi connectivity index (χ0) is 23.2. The predicted octanol–water partition coefficient (Wildman–Crippen LogP) is 4.80. The molecule has 33 heavy (non-hydrogen) atoms. The normalized spacial score (nSPS) is 28.5. The Morgan fingerprint density at radius 2 is 2.03 bits per heavy atom. The molecule has 0 aromatic heterocycles. The number of carbonyl (C=O) groups is 1. The van der Waals surface area contributed by atoms with Crippen molar-refractivity contribution in [1.29, 1.82) is 0 Å². The molecule has 5 rings (SSSR count). The van der Waals surface area contributed by atoms with Crippen LogP contribution in [0.4, 0.5) is 0 Å². The summed E-state index contributed by atoms with van der Waals surface area (Å²) in [7, 11) is 1.70. The number of piperidine rings is 1. The number of rotatable bonds is 6. The van der Waals surface area contributed by atoms with Crippen molar-refractivity contribution in [3.63, 3.8) is 0 Å². The van der Waals surface area contributed by atoms with Gasteiger partial charge in [0.05, 0.1) is 0 Å². The average molecular weight is 450 g/mol. The molecule has 2 aliphatic carbocycles. The Bertz CT molecular complexity index is 1020. The highest BCUT2D eigenvalue weighted by atomic mass is 16.5. The third-order valence-corrected chi connectivity index (χ3v) is 8.42. The lowest BCUT2D eigenvalue weighted by molar-refractivity contribution is -0.127. The van der Waals surface area contributed by atoms with Crippen molar-refractivity contribution >= 4 is 5.78 Å². The number of ketones is 1. The van der Waals surface area contributed by atoms with Gasteiger partial charge in [-0.15, -0.1) is 0 Å². The molecule has 1 saturated carbocycles. The number of nitrogens with zero attached hydrogens (tertiary/aromatic N) is 1. The summed E-state index contributed by atoms with van der Waals surface area (Å²) in [4.78, 5) is 15.2. The maximum atomic E-state index is 12.7. The minimum atomic E-state index is -0.241. The van der Waals surface area contributed by atoms with E-state index in [2.05, 4.69) is 17.9 Å². The van der Waals surface area contributed by atoms with E-state index in [0.29, 0.717) is 42.1 Å². The maximum absolute atomic E-state index is 12.7. The van der Waals surface area contributed by atoms with Crippen molar-refractivity contribution in [2.45, 2.75) is 69.6 Å². The monoisotopic (exact) mass is 449 g/mol. The Labute approximate surface area is 196 Å². The van der Waals surface area contributed by atoms with Crippen molar-refractivity contribution in [1.82, 2.24) is 4.90 Å². The number of methoxy groups -OCH3 is 1. The number of hydrogen-bond acceptors (Lipinski definition) is 5. The van der Waals surface area contributed by atoms with Crippen LogP contribution in [0.2, 0.25) is 0 Å². The molecule has 0 spiro atoms. The summed E-state index contributed by atoms with van der Waals surface area (Å²) in [6, 6.07) is 14.3. The number of aromatic hydroxyl groups is 1. The fraction of sp³-hybridized carbons (Fsp3) is 0.536. The van der Waals surface area contributed by atoms with Gasteiger partial charge in [-0.3, -0.25) is 9.69 Å². The lowest BCUT2D eigenvalue weighted by Crippen LogP contribution is -2.61. The van der Waals surface area contributed by atoms with Crippen LogP contribution in [-0.4, -0.2) is 48.1 Å². The van der Waals surface area contributed by atoms with Crippen LogP contribution in [0.5, 0.6) is 11.5 Å². The molecule has 1 heterocycles. The van der Waals surface area contributed by atoms with Crippen molar-refractivity contribution in [3.05, 3.63) is 59.2 Å². The molecule has 1 aliphatic heterocycles. The highest BCUT2D eigenvalue weighted by Crippen LogP contribution is 2.57. The molecule has 0 amide bonds. The van der Waals surface area contributed by atoms with E-state index in [1.54, 1.807) is 13.2 Å². The van der Waals surface area contributed by atoms with Crippen molar-refractivity contribution < 1.29 is 19.4 Å². The van der Waals surface area contributed by atoms with E-state index in [-0.39, 0.29) is 17.6 Å². The van der Waals surface area contributed by atoms with Crippen LogP contribution < -0.4 is 4.74 Å². The molecule has 2 unspecified atom stereocenters. The van der Waals surface area contributed by atoms with E-state index < -0.39 is 0 Å². The fourth-order valence-corrected chi connectivity index (χ4v) is 6.94. The van der Waals surface area contributed by atoms with Gasteiger partial charge in [0.15, 0.2) is 0 Å². The topological polar surface area (TPSA) is 59.0 Å². The molecule has 3 aliphatic rings. The highest BCUT2D eigenvalue weighted by molar-refractivity contribution is 5.82. The Hall–Kier alpha value is -2.37. The fourth-order valence-electron chi connectivity index (χ4n) is 6.94. The summed E-state index contributed by atoms with van der Waals surface area (Å²) in [6.07, 6.45) is 3.56. The van der Waals surface area contributed by atoms with Gasteiger partial charge in [0.2, 0.25) is 0 Å². The Balaban J connectivity index is 1.51. The van der Waals surface area contributed by atoms with Gasteiger partial charge < -0.3 is 14.6 Å². The minimum absolute atomic E-state index is 0.181. The number of likely N-dealkylation sites (tertiary alicyclic amines) is 1. The molecule has 0 radical (unpaired) electrons. The molecule has 5 nitrogen and oxygen atoms in total. The highest BCUT2D eigenvalue weighted by Gasteiger charge is 2.55. The van der Waals surface area contributed by atoms with Gasteiger partial charge in [0, 0.05) is 37.5 Å². The molecule has 2 aromatic rings. The van der Waals surface area contributed by atoms with E-state index in [1.807, 2.05) is 37.3 Å². The average Bonchev–Trinajstić information content (AvgIpc) is 2.81.